The number of amides is 1. The summed E-state index contributed by atoms with van der Waals surface area (Å²) in [7, 11) is 5.82. The molecule has 1 aromatic rings. The minimum absolute atomic E-state index is 0.0751. The first-order valence-corrected chi connectivity index (χ1v) is 9.51. The topological polar surface area (TPSA) is 29.5 Å². The average molecular weight is 341 g/mol. The Morgan fingerprint density at radius 2 is 1.96 bits per heavy atom. The molecule has 1 fully saturated rings. The van der Waals surface area contributed by atoms with Crippen LogP contribution in [0.4, 0.5) is 0 Å². The smallest absolute Gasteiger partial charge is 0.223 e. The van der Waals surface area contributed by atoms with Crippen molar-refractivity contribution in [3.05, 3.63) is 23.8 Å². The molecule has 0 N–H and O–H groups in total. The van der Waals surface area contributed by atoms with Gasteiger partial charge in [-0.25, -0.2) is 0 Å². The molecule has 0 aromatic heterocycles. The van der Waals surface area contributed by atoms with Crippen molar-refractivity contribution in [2.24, 2.45) is 11.3 Å². The van der Waals surface area contributed by atoms with Crippen molar-refractivity contribution < 1.29 is 9.53 Å². The van der Waals surface area contributed by atoms with Gasteiger partial charge in [0, 0.05) is 19.5 Å². The molecule has 3 nitrogen and oxygen atoms in total. The van der Waals surface area contributed by atoms with E-state index in [0.29, 0.717) is 12.3 Å². The van der Waals surface area contributed by atoms with E-state index in [9.17, 15) is 4.79 Å². The van der Waals surface area contributed by atoms with Gasteiger partial charge in [0.1, 0.15) is 13.6 Å². The number of rotatable bonds is 6. The van der Waals surface area contributed by atoms with Crippen molar-refractivity contribution in [1.82, 2.24) is 4.90 Å². The van der Waals surface area contributed by atoms with Crippen LogP contribution in [-0.2, 0) is 4.79 Å². The molecule has 1 amide bonds. The molecular weight excluding hydrogens is 309 g/mol. The Morgan fingerprint density at radius 3 is 2.56 bits per heavy atom. The van der Waals surface area contributed by atoms with Gasteiger partial charge in [-0.1, -0.05) is 37.9 Å². The summed E-state index contributed by atoms with van der Waals surface area (Å²) in [5, 5.41) is 0. The molecule has 1 heterocycles. The molecular formula is C21H32BNO2. The van der Waals surface area contributed by atoms with E-state index < -0.39 is 0 Å². The third-order valence-electron chi connectivity index (χ3n) is 4.92. The normalized spacial score (nSPS) is 16.1. The van der Waals surface area contributed by atoms with E-state index in [1.165, 1.54) is 6.42 Å². The third-order valence-corrected chi connectivity index (χ3v) is 4.92. The van der Waals surface area contributed by atoms with Crippen molar-refractivity contribution in [2.45, 2.75) is 59.8 Å². The fraction of sp³-hybridized carbons (Fsp3) is 0.667. The Hall–Kier alpha value is -1.45. The molecule has 0 bridgehead atoms. The first kappa shape index (κ1) is 19.9. The number of hydrogen-bond donors (Lipinski definition) is 0. The summed E-state index contributed by atoms with van der Waals surface area (Å²) in [6.07, 6.45) is 5.12. The van der Waals surface area contributed by atoms with Gasteiger partial charge in [0.2, 0.25) is 5.91 Å². The first-order valence-electron chi connectivity index (χ1n) is 9.51. The number of carbonyl (C=O) groups excluding carboxylic acids is 1. The molecule has 136 valence electrons. The van der Waals surface area contributed by atoms with Crippen LogP contribution in [0, 0.1) is 18.3 Å². The lowest BCUT2D eigenvalue weighted by Gasteiger charge is -2.33. The van der Waals surface area contributed by atoms with Crippen molar-refractivity contribution in [2.75, 3.05) is 19.7 Å². The monoisotopic (exact) mass is 341 g/mol. The van der Waals surface area contributed by atoms with Crippen molar-refractivity contribution >= 4 is 19.2 Å². The predicted molar refractivity (Wildman–Crippen MR) is 105 cm³/mol. The fourth-order valence-corrected chi connectivity index (χ4v) is 3.34. The number of ether oxygens (including phenoxy) is 1. The molecule has 1 aromatic carbocycles. The molecule has 1 aliphatic rings. The van der Waals surface area contributed by atoms with Crippen LogP contribution in [0.5, 0.6) is 5.75 Å². The Balaban J connectivity index is 1.64. The molecule has 0 aliphatic carbocycles. The number of nitrogens with zero attached hydrogens (tertiary/aromatic N) is 1. The molecule has 1 aliphatic heterocycles. The molecule has 1 saturated heterocycles. The van der Waals surface area contributed by atoms with E-state index in [2.05, 4.69) is 25.7 Å². The predicted octanol–water partition coefficient (Wildman–Crippen LogP) is 3.62. The zero-order chi connectivity index (χ0) is 18.4. The van der Waals surface area contributed by atoms with Crippen LogP contribution in [0.2, 0.25) is 0 Å². The zero-order valence-electron chi connectivity index (χ0n) is 16.3. The third kappa shape index (κ3) is 6.76. The molecule has 0 unspecified atom stereocenters. The minimum atomic E-state index is 0.0751. The second-order valence-corrected chi connectivity index (χ2v) is 8.57. The second kappa shape index (κ2) is 8.78. The quantitative estimate of drug-likeness (QED) is 0.584. The number of piperidine rings is 1. The summed E-state index contributed by atoms with van der Waals surface area (Å²) in [6.45, 7) is 10.9. The Morgan fingerprint density at radius 1 is 1.28 bits per heavy atom. The van der Waals surface area contributed by atoms with Gasteiger partial charge in [0.15, 0.2) is 0 Å². The van der Waals surface area contributed by atoms with Crippen LogP contribution in [0.1, 0.15) is 58.4 Å². The van der Waals surface area contributed by atoms with E-state index in [1.807, 2.05) is 25.1 Å². The van der Waals surface area contributed by atoms with Gasteiger partial charge in [-0.15, -0.1) is 0 Å². The maximum absolute atomic E-state index is 12.3. The standard InChI is InChI=1S/C21H32BNO2/c1-16-14-18(7-8-19(16)22)25-13-5-6-17-9-11-23(12-10-17)20(24)15-21(2,3)4/h7-8,14,17H,5-6,9-13,15H2,1-4H3. The van der Waals surface area contributed by atoms with Crippen LogP contribution in [0.15, 0.2) is 18.2 Å². The molecule has 2 radical (unpaired) electrons. The van der Waals surface area contributed by atoms with E-state index in [4.69, 9.17) is 12.6 Å². The van der Waals surface area contributed by atoms with Gasteiger partial charge in [-0.3, -0.25) is 4.79 Å². The van der Waals surface area contributed by atoms with E-state index in [-0.39, 0.29) is 5.41 Å². The maximum Gasteiger partial charge on any atom is 0.223 e. The van der Waals surface area contributed by atoms with Crippen molar-refractivity contribution in [3.63, 3.8) is 0 Å². The Labute approximate surface area is 154 Å². The van der Waals surface area contributed by atoms with Crippen LogP contribution in [-0.4, -0.2) is 38.3 Å². The van der Waals surface area contributed by atoms with Crippen LogP contribution in [0.3, 0.4) is 0 Å². The lowest BCUT2D eigenvalue weighted by atomic mass is 9.89. The molecule has 0 saturated carbocycles. The van der Waals surface area contributed by atoms with Gasteiger partial charge in [0.25, 0.3) is 0 Å². The number of likely N-dealkylation sites (tertiary alicyclic amines) is 1. The van der Waals surface area contributed by atoms with Gasteiger partial charge in [-0.2, -0.15) is 0 Å². The lowest BCUT2D eigenvalue weighted by Crippen LogP contribution is -2.39. The van der Waals surface area contributed by atoms with E-state index in [0.717, 1.165) is 61.7 Å². The molecule has 2 rings (SSSR count). The van der Waals surface area contributed by atoms with Crippen LogP contribution in [0.25, 0.3) is 0 Å². The highest BCUT2D eigenvalue weighted by atomic mass is 16.5. The zero-order valence-corrected chi connectivity index (χ0v) is 16.3. The summed E-state index contributed by atoms with van der Waals surface area (Å²) >= 11 is 0. The molecule has 0 spiro atoms. The number of carbonyl (C=O) groups is 1. The first-order chi connectivity index (χ1) is 11.7. The highest BCUT2D eigenvalue weighted by molar-refractivity contribution is 6.33. The van der Waals surface area contributed by atoms with E-state index >= 15 is 0 Å². The van der Waals surface area contributed by atoms with Gasteiger partial charge in [0.05, 0.1) is 6.61 Å². The summed E-state index contributed by atoms with van der Waals surface area (Å²) in [5.74, 6) is 1.93. The SMILES string of the molecule is [B]c1ccc(OCCCC2CCN(C(=O)CC(C)(C)C)CC2)cc1C. The van der Waals surface area contributed by atoms with Gasteiger partial charge >= 0.3 is 0 Å². The lowest BCUT2D eigenvalue weighted by molar-refractivity contribution is -0.134. The molecule has 4 heteroatoms. The number of aryl methyl sites for hydroxylation is 1. The van der Waals surface area contributed by atoms with Crippen molar-refractivity contribution in [3.8, 4) is 5.75 Å². The second-order valence-electron chi connectivity index (χ2n) is 8.57. The molecule has 0 atom stereocenters. The fourth-order valence-electron chi connectivity index (χ4n) is 3.34. The Bertz CT molecular complexity index is 572. The van der Waals surface area contributed by atoms with Gasteiger partial charge in [-0.05, 0) is 56.1 Å². The maximum atomic E-state index is 12.3. The largest absolute Gasteiger partial charge is 0.494 e. The van der Waals surface area contributed by atoms with Gasteiger partial charge < -0.3 is 9.64 Å². The Kier molecular flexibility index (Phi) is 6.98. The highest BCUT2D eigenvalue weighted by Crippen LogP contribution is 2.25. The summed E-state index contributed by atoms with van der Waals surface area (Å²) in [6, 6.07) is 5.82. The molecule has 25 heavy (non-hydrogen) atoms. The number of benzene rings is 1. The van der Waals surface area contributed by atoms with Crippen LogP contribution >= 0.6 is 0 Å². The summed E-state index contributed by atoms with van der Waals surface area (Å²) in [5.41, 5.74) is 1.94. The van der Waals surface area contributed by atoms with Crippen molar-refractivity contribution in [1.29, 1.82) is 0 Å². The van der Waals surface area contributed by atoms with Crippen LogP contribution < -0.4 is 10.2 Å². The minimum Gasteiger partial charge on any atom is -0.494 e. The number of hydrogen-bond acceptors (Lipinski definition) is 2. The summed E-state index contributed by atoms with van der Waals surface area (Å²) in [4.78, 5) is 14.3. The summed E-state index contributed by atoms with van der Waals surface area (Å²) < 4.78 is 5.83. The highest BCUT2D eigenvalue weighted by Gasteiger charge is 2.25. The average Bonchev–Trinajstić information content (AvgIpc) is 2.54. The van der Waals surface area contributed by atoms with E-state index in [1.54, 1.807) is 0 Å².